The Bertz CT molecular complexity index is 977. The molecule has 0 aliphatic carbocycles. The SMILES string of the molecule is COc1ccc(OCCSCc2nnc(NC(=O)Nc3ccc(C)c(C)c3)s2)cc1. The van der Waals surface area contributed by atoms with Gasteiger partial charge in [0, 0.05) is 17.2 Å². The summed E-state index contributed by atoms with van der Waals surface area (Å²) in [6.07, 6.45) is 0. The van der Waals surface area contributed by atoms with Crippen LogP contribution in [0.5, 0.6) is 11.5 Å². The number of amides is 2. The molecular formula is C21H24N4O3S2. The average Bonchev–Trinajstić information content (AvgIpc) is 3.18. The molecule has 0 atom stereocenters. The lowest BCUT2D eigenvalue weighted by Gasteiger charge is -2.07. The zero-order valence-electron chi connectivity index (χ0n) is 17.1. The lowest BCUT2D eigenvalue weighted by atomic mass is 10.1. The number of ether oxygens (including phenoxy) is 2. The van der Waals surface area contributed by atoms with Crippen molar-refractivity contribution in [2.45, 2.75) is 19.6 Å². The van der Waals surface area contributed by atoms with E-state index in [9.17, 15) is 4.79 Å². The van der Waals surface area contributed by atoms with Crippen LogP contribution in [-0.4, -0.2) is 35.7 Å². The van der Waals surface area contributed by atoms with Crippen molar-refractivity contribution < 1.29 is 14.3 Å². The molecule has 30 heavy (non-hydrogen) atoms. The van der Waals surface area contributed by atoms with Crippen LogP contribution in [-0.2, 0) is 5.75 Å². The summed E-state index contributed by atoms with van der Waals surface area (Å²) in [4.78, 5) is 12.1. The standard InChI is InChI=1S/C21H24N4O3S2/c1-14-4-5-16(12-15(14)2)22-20(26)23-21-25-24-19(30-21)13-29-11-10-28-18-8-6-17(27-3)7-9-18/h4-9,12H,10-11,13H2,1-3H3,(H2,22,23,25,26). The predicted octanol–water partition coefficient (Wildman–Crippen LogP) is 5.12. The minimum absolute atomic E-state index is 0.332. The topological polar surface area (TPSA) is 85.4 Å². The van der Waals surface area contributed by atoms with E-state index in [1.807, 2.05) is 56.3 Å². The van der Waals surface area contributed by atoms with Gasteiger partial charge in [-0.1, -0.05) is 17.4 Å². The molecule has 7 nitrogen and oxygen atoms in total. The monoisotopic (exact) mass is 444 g/mol. The van der Waals surface area contributed by atoms with E-state index in [4.69, 9.17) is 9.47 Å². The number of aromatic nitrogens is 2. The largest absolute Gasteiger partial charge is 0.497 e. The number of nitrogens with zero attached hydrogens (tertiary/aromatic N) is 2. The Balaban J connectivity index is 1.37. The number of anilines is 2. The molecule has 0 saturated heterocycles. The molecule has 3 aromatic rings. The van der Waals surface area contributed by atoms with Crippen LogP contribution in [0.15, 0.2) is 42.5 Å². The fourth-order valence-electron chi connectivity index (χ4n) is 2.49. The molecule has 0 bridgehead atoms. The highest BCUT2D eigenvalue weighted by Crippen LogP contribution is 2.22. The number of benzene rings is 2. The highest BCUT2D eigenvalue weighted by molar-refractivity contribution is 7.98. The first-order valence-corrected chi connectivity index (χ1v) is 11.3. The number of carbonyl (C=O) groups is 1. The zero-order chi connectivity index (χ0) is 21.3. The van der Waals surface area contributed by atoms with Crippen LogP contribution in [0.2, 0.25) is 0 Å². The second-order valence-electron chi connectivity index (χ2n) is 6.46. The Labute approximate surface area is 184 Å². The molecule has 0 saturated carbocycles. The summed E-state index contributed by atoms with van der Waals surface area (Å²) >= 11 is 3.07. The number of aryl methyl sites for hydroxylation is 2. The first kappa shape index (κ1) is 21.9. The Hall–Kier alpha value is -2.78. The van der Waals surface area contributed by atoms with Gasteiger partial charge in [0.25, 0.3) is 0 Å². The molecule has 2 amide bonds. The molecule has 1 heterocycles. The fourth-order valence-corrected chi connectivity index (χ4v) is 4.08. The van der Waals surface area contributed by atoms with Crippen molar-refractivity contribution in [3.8, 4) is 11.5 Å². The minimum Gasteiger partial charge on any atom is -0.497 e. The number of hydrogen-bond donors (Lipinski definition) is 2. The van der Waals surface area contributed by atoms with E-state index in [2.05, 4.69) is 20.8 Å². The van der Waals surface area contributed by atoms with Crippen LogP contribution >= 0.6 is 23.1 Å². The molecule has 9 heteroatoms. The summed E-state index contributed by atoms with van der Waals surface area (Å²) in [6, 6.07) is 13.0. The Morgan fingerprint density at radius 3 is 2.53 bits per heavy atom. The van der Waals surface area contributed by atoms with Gasteiger partial charge >= 0.3 is 6.03 Å². The van der Waals surface area contributed by atoms with Crippen LogP contribution in [0.1, 0.15) is 16.1 Å². The third kappa shape index (κ3) is 6.64. The second-order valence-corrected chi connectivity index (χ2v) is 8.62. The Kier molecular flexibility index (Phi) is 7.92. The lowest BCUT2D eigenvalue weighted by molar-refractivity contribution is 0.262. The lowest BCUT2D eigenvalue weighted by Crippen LogP contribution is -2.19. The van der Waals surface area contributed by atoms with Crippen LogP contribution in [0.3, 0.4) is 0 Å². The molecule has 0 fully saturated rings. The van der Waals surface area contributed by atoms with Gasteiger partial charge in [0.15, 0.2) is 0 Å². The van der Waals surface area contributed by atoms with Crippen molar-refractivity contribution in [3.05, 3.63) is 58.6 Å². The van der Waals surface area contributed by atoms with Crippen molar-refractivity contribution in [2.24, 2.45) is 0 Å². The van der Waals surface area contributed by atoms with Crippen molar-refractivity contribution in [1.29, 1.82) is 0 Å². The van der Waals surface area contributed by atoms with Crippen molar-refractivity contribution in [1.82, 2.24) is 10.2 Å². The smallest absolute Gasteiger partial charge is 0.325 e. The van der Waals surface area contributed by atoms with E-state index in [1.165, 1.54) is 16.9 Å². The molecule has 0 unspecified atom stereocenters. The van der Waals surface area contributed by atoms with E-state index in [0.29, 0.717) is 17.5 Å². The summed E-state index contributed by atoms with van der Waals surface area (Å²) in [6.45, 7) is 4.64. The number of hydrogen-bond acceptors (Lipinski definition) is 7. The molecule has 0 radical (unpaired) electrons. The normalized spacial score (nSPS) is 10.5. The first-order chi connectivity index (χ1) is 14.5. The van der Waals surface area contributed by atoms with E-state index in [0.717, 1.165) is 33.5 Å². The maximum absolute atomic E-state index is 12.1. The molecule has 158 valence electrons. The molecule has 2 N–H and O–H groups in total. The summed E-state index contributed by atoms with van der Waals surface area (Å²) < 4.78 is 10.8. The number of carbonyl (C=O) groups excluding carboxylic acids is 1. The molecule has 1 aromatic heterocycles. The number of methoxy groups -OCH3 is 1. The van der Waals surface area contributed by atoms with Gasteiger partial charge in [0.05, 0.1) is 13.7 Å². The van der Waals surface area contributed by atoms with E-state index < -0.39 is 0 Å². The maximum Gasteiger partial charge on any atom is 0.325 e. The third-order valence-electron chi connectivity index (χ3n) is 4.23. The van der Waals surface area contributed by atoms with Gasteiger partial charge in [-0.3, -0.25) is 5.32 Å². The molecule has 3 rings (SSSR count). The van der Waals surface area contributed by atoms with Crippen molar-refractivity contribution in [2.75, 3.05) is 30.1 Å². The molecule has 0 spiro atoms. The van der Waals surface area contributed by atoms with Crippen molar-refractivity contribution >= 4 is 39.9 Å². The van der Waals surface area contributed by atoms with Gasteiger partial charge in [-0.05, 0) is 61.4 Å². The van der Waals surface area contributed by atoms with Gasteiger partial charge in [-0.15, -0.1) is 10.2 Å². The summed E-state index contributed by atoms with van der Waals surface area (Å²) in [7, 11) is 1.64. The minimum atomic E-state index is -0.332. The zero-order valence-corrected chi connectivity index (χ0v) is 18.7. The fraction of sp³-hybridized carbons (Fsp3) is 0.286. The number of rotatable bonds is 9. The summed E-state index contributed by atoms with van der Waals surface area (Å²) in [5.74, 6) is 3.15. The number of urea groups is 1. The van der Waals surface area contributed by atoms with Gasteiger partial charge < -0.3 is 14.8 Å². The van der Waals surface area contributed by atoms with Gasteiger partial charge in [0.2, 0.25) is 5.13 Å². The van der Waals surface area contributed by atoms with Crippen LogP contribution in [0.4, 0.5) is 15.6 Å². The average molecular weight is 445 g/mol. The molecule has 2 aromatic carbocycles. The summed E-state index contributed by atoms with van der Waals surface area (Å²) in [5.41, 5.74) is 3.05. The van der Waals surface area contributed by atoms with E-state index in [-0.39, 0.29) is 6.03 Å². The van der Waals surface area contributed by atoms with Gasteiger partial charge in [-0.25, -0.2) is 4.79 Å². The van der Waals surface area contributed by atoms with Crippen LogP contribution in [0, 0.1) is 13.8 Å². The highest BCUT2D eigenvalue weighted by Gasteiger charge is 2.09. The van der Waals surface area contributed by atoms with Crippen molar-refractivity contribution in [3.63, 3.8) is 0 Å². The first-order valence-electron chi connectivity index (χ1n) is 9.36. The highest BCUT2D eigenvalue weighted by atomic mass is 32.2. The predicted molar refractivity (Wildman–Crippen MR) is 123 cm³/mol. The Morgan fingerprint density at radius 1 is 1.03 bits per heavy atom. The van der Waals surface area contributed by atoms with E-state index >= 15 is 0 Å². The maximum atomic E-state index is 12.1. The quantitative estimate of drug-likeness (QED) is 0.446. The number of nitrogens with one attached hydrogen (secondary N) is 2. The van der Waals surface area contributed by atoms with E-state index in [1.54, 1.807) is 18.9 Å². The summed E-state index contributed by atoms with van der Waals surface area (Å²) in [5, 5.41) is 15.0. The number of thioether (sulfide) groups is 1. The molecular weight excluding hydrogens is 420 g/mol. The van der Waals surface area contributed by atoms with Gasteiger partial charge in [-0.2, -0.15) is 11.8 Å². The second kappa shape index (κ2) is 10.8. The molecule has 0 aliphatic rings. The Morgan fingerprint density at radius 2 is 1.80 bits per heavy atom. The third-order valence-corrected chi connectivity index (χ3v) is 6.19. The van der Waals surface area contributed by atoms with Crippen LogP contribution in [0.25, 0.3) is 0 Å². The van der Waals surface area contributed by atoms with Gasteiger partial charge in [0.1, 0.15) is 16.5 Å². The van der Waals surface area contributed by atoms with Crippen LogP contribution < -0.4 is 20.1 Å². The molecule has 0 aliphatic heterocycles.